The third kappa shape index (κ3) is 2.03. The molecule has 16 heavy (non-hydrogen) atoms. The van der Waals surface area contributed by atoms with Gasteiger partial charge in [-0.3, -0.25) is 4.79 Å². The monoisotopic (exact) mass is 220 g/mol. The van der Waals surface area contributed by atoms with Crippen LogP contribution in [0.5, 0.6) is 0 Å². The molecule has 0 radical (unpaired) electrons. The summed E-state index contributed by atoms with van der Waals surface area (Å²) in [5, 5.41) is 25.5. The van der Waals surface area contributed by atoms with Crippen LogP contribution in [0.2, 0.25) is 0 Å². The van der Waals surface area contributed by atoms with E-state index < -0.39 is 5.97 Å². The van der Waals surface area contributed by atoms with Crippen LogP contribution < -0.4 is 0 Å². The van der Waals surface area contributed by atoms with Gasteiger partial charge < -0.3 is 5.11 Å². The van der Waals surface area contributed by atoms with Crippen molar-refractivity contribution in [3.8, 4) is 6.07 Å². The van der Waals surface area contributed by atoms with Crippen LogP contribution in [-0.4, -0.2) is 26.1 Å². The molecule has 0 aliphatic heterocycles. The Bertz CT molecular complexity index is 426. The summed E-state index contributed by atoms with van der Waals surface area (Å²) in [5.74, 6) is -0.952. The van der Waals surface area contributed by atoms with Crippen LogP contribution in [0.3, 0.4) is 0 Å². The molecule has 1 aliphatic rings. The Balaban J connectivity index is 1.99. The number of nitriles is 1. The van der Waals surface area contributed by atoms with Crippen LogP contribution in [-0.2, 0) is 4.79 Å². The van der Waals surface area contributed by atoms with Gasteiger partial charge in [-0.1, -0.05) is 0 Å². The smallest absolute Gasteiger partial charge is 0.306 e. The molecule has 0 aromatic carbocycles. The predicted octanol–water partition coefficient (Wildman–Crippen LogP) is 0.966. The summed E-state index contributed by atoms with van der Waals surface area (Å²) >= 11 is 0. The van der Waals surface area contributed by atoms with Crippen molar-refractivity contribution in [1.29, 1.82) is 5.26 Å². The molecule has 0 amide bonds. The van der Waals surface area contributed by atoms with Gasteiger partial charge in [0.1, 0.15) is 6.07 Å². The van der Waals surface area contributed by atoms with E-state index in [9.17, 15) is 4.79 Å². The summed E-state index contributed by atoms with van der Waals surface area (Å²) < 4.78 is 0. The second-order valence-electron chi connectivity index (χ2n) is 4.01. The highest BCUT2D eigenvalue weighted by Crippen LogP contribution is 2.31. The highest BCUT2D eigenvalue weighted by molar-refractivity contribution is 5.69. The van der Waals surface area contributed by atoms with Gasteiger partial charge >= 0.3 is 5.97 Å². The molecule has 1 aliphatic carbocycles. The first-order valence-corrected chi connectivity index (χ1v) is 5.25. The summed E-state index contributed by atoms with van der Waals surface area (Å²) in [6.45, 7) is 0. The lowest BCUT2D eigenvalue weighted by Crippen LogP contribution is -2.24. The lowest BCUT2D eigenvalue weighted by molar-refractivity contribution is -0.143. The third-order valence-electron chi connectivity index (χ3n) is 3.00. The maximum atomic E-state index is 10.8. The fourth-order valence-corrected chi connectivity index (χ4v) is 2.06. The summed E-state index contributed by atoms with van der Waals surface area (Å²) in [7, 11) is 0. The molecule has 1 saturated carbocycles. The largest absolute Gasteiger partial charge is 0.481 e. The summed E-state index contributed by atoms with van der Waals surface area (Å²) in [4.78, 5) is 12.3. The second kappa shape index (κ2) is 4.31. The van der Waals surface area contributed by atoms with Gasteiger partial charge in [0.05, 0.1) is 18.2 Å². The molecule has 0 atom stereocenters. The number of carboxylic acid groups (broad SMARTS) is 1. The van der Waals surface area contributed by atoms with Crippen molar-refractivity contribution >= 4 is 5.97 Å². The SMILES string of the molecule is N#Cc1cnn(C2CCC(C(=O)O)CC2)n1. The van der Waals surface area contributed by atoms with Crippen molar-refractivity contribution in [2.24, 2.45) is 5.92 Å². The number of carboxylic acids is 1. The number of hydrogen-bond donors (Lipinski definition) is 1. The minimum absolute atomic E-state index is 0.137. The van der Waals surface area contributed by atoms with E-state index in [1.54, 1.807) is 0 Å². The first-order chi connectivity index (χ1) is 7.70. The van der Waals surface area contributed by atoms with Crippen molar-refractivity contribution in [3.63, 3.8) is 0 Å². The van der Waals surface area contributed by atoms with E-state index in [4.69, 9.17) is 10.4 Å². The molecule has 0 bridgehead atoms. The predicted molar refractivity (Wildman–Crippen MR) is 53.4 cm³/mol. The number of hydrogen-bond acceptors (Lipinski definition) is 4. The number of aromatic nitrogens is 3. The Labute approximate surface area is 92.5 Å². The number of rotatable bonds is 2. The Morgan fingerprint density at radius 1 is 1.50 bits per heavy atom. The van der Waals surface area contributed by atoms with Crippen LogP contribution in [0.1, 0.15) is 37.4 Å². The maximum absolute atomic E-state index is 10.8. The molecular weight excluding hydrogens is 208 g/mol. The molecule has 1 aromatic heterocycles. The standard InChI is InChI=1S/C10H12N4O2/c11-5-8-6-12-14(13-8)9-3-1-7(2-4-9)10(15)16/h6-7,9H,1-4H2,(H,15,16). The van der Waals surface area contributed by atoms with E-state index in [0.717, 1.165) is 12.8 Å². The quantitative estimate of drug-likeness (QED) is 0.801. The molecule has 0 saturated heterocycles. The van der Waals surface area contributed by atoms with Crippen molar-refractivity contribution in [2.75, 3.05) is 0 Å². The summed E-state index contributed by atoms with van der Waals surface area (Å²) in [5.41, 5.74) is 0.306. The molecular formula is C10H12N4O2. The van der Waals surface area contributed by atoms with Crippen LogP contribution in [0, 0.1) is 17.2 Å². The van der Waals surface area contributed by atoms with Gasteiger partial charge in [0.25, 0.3) is 0 Å². The van der Waals surface area contributed by atoms with Gasteiger partial charge in [-0.2, -0.15) is 15.2 Å². The molecule has 1 N–H and O–H groups in total. The fraction of sp³-hybridized carbons (Fsp3) is 0.600. The van der Waals surface area contributed by atoms with E-state index in [0.29, 0.717) is 18.5 Å². The zero-order valence-corrected chi connectivity index (χ0v) is 8.70. The highest BCUT2D eigenvalue weighted by atomic mass is 16.4. The van der Waals surface area contributed by atoms with Crippen molar-refractivity contribution < 1.29 is 9.90 Å². The normalized spacial score (nSPS) is 24.9. The first-order valence-electron chi connectivity index (χ1n) is 5.25. The molecule has 2 rings (SSSR count). The van der Waals surface area contributed by atoms with E-state index >= 15 is 0 Å². The molecule has 6 nitrogen and oxygen atoms in total. The van der Waals surface area contributed by atoms with E-state index in [-0.39, 0.29) is 12.0 Å². The maximum Gasteiger partial charge on any atom is 0.306 e. The second-order valence-corrected chi connectivity index (χ2v) is 4.01. The van der Waals surface area contributed by atoms with Crippen LogP contribution >= 0.6 is 0 Å². The van der Waals surface area contributed by atoms with Crippen molar-refractivity contribution in [1.82, 2.24) is 15.0 Å². The van der Waals surface area contributed by atoms with E-state index in [1.165, 1.54) is 11.0 Å². The first kappa shape index (κ1) is 10.6. The summed E-state index contributed by atoms with van der Waals surface area (Å²) in [6, 6.07) is 2.06. The molecule has 84 valence electrons. The zero-order chi connectivity index (χ0) is 11.5. The number of aliphatic carboxylic acids is 1. The van der Waals surface area contributed by atoms with Crippen molar-refractivity contribution in [2.45, 2.75) is 31.7 Å². The Morgan fingerprint density at radius 3 is 2.69 bits per heavy atom. The highest BCUT2D eigenvalue weighted by Gasteiger charge is 2.27. The molecule has 0 spiro atoms. The number of nitrogens with zero attached hydrogens (tertiary/aromatic N) is 4. The number of carbonyl (C=O) groups is 1. The fourth-order valence-electron chi connectivity index (χ4n) is 2.06. The molecule has 1 aromatic rings. The van der Waals surface area contributed by atoms with Gasteiger partial charge in [-0.15, -0.1) is 5.10 Å². The third-order valence-corrected chi connectivity index (χ3v) is 3.00. The average Bonchev–Trinajstić information content (AvgIpc) is 2.77. The van der Waals surface area contributed by atoms with Crippen LogP contribution in [0.4, 0.5) is 0 Å². The Hall–Kier alpha value is -1.90. The van der Waals surface area contributed by atoms with Gasteiger partial charge in [0.15, 0.2) is 5.69 Å². The van der Waals surface area contributed by atoms with E-state index in [1.807, 2.05) is 6.07 Å². The van der Waals surface area contributed by atoms with Gasteiger partial charge in [-0.25, -0.2) is 0 Å². The van der Waals surface area contributed by atoms with Gasteiger partial charge in [0, 0.05) is 0 Å². The van der Waals surface area contributed by atoms with Gasteiger partial charge in [-0.05, 0) is 25.7 Å². The topological polar surface area (TPSA) is 91.8 Å². The lowest BCUT2D eigenvalue weighted by Gasteiger charge is -2.25. The van der Waals surface area contributed by atoms with E-state index in [2.05, 4.69) is 10.2 Å². The van der Waals surface area contributed by atoms with Gasteiger partial charge in [0.2, 0.25) is 0 Å². The average molecular weight is 220 g/mol. The van der Waals surface area contributed by atoms with Crippen LogP contribution in [0.25, 0.3) is 0 Å². The van der Waals surface area contributed by atoms with Crippen LogP contribution in [0.15, 0.2) is 6.20 Å². The Morgan fingerprint density at radius 2 is 2.19 bits per heavy atom. The minimum Gasteiger partial charge on any atom is -0.481 e. The molecule has 6 heteroatoms. The molecule has 0 unspecified atom stereocenters. The molecule has 1 heterocycles. The lowest BCUT2D eigenvalue weighted by atomic mass is 9.86. The molecule has 1 fully saturated rings. The Kier molecular flexibility index (Phi) is 2.86. The van der Waals surface area contributed by atoms with Crippen molar-refractivity contribution in [3.05, 3.63) is 11.9 Å². The minimum atomic E-state index is -0.718. The zero-order valence-electron chi connectivity index (χ0n) is 8.70. The summed E-state index contributed by atoms with van der Waals surface area (Å²) in [6.07, 6.45) is 4.27.